The van der Waals surface area contributed by atoms with Gasteiger partial charge in [-0.25, -0.2) is 19.2 Å². The maximum absolute atomic E-state index is 15.3. The molecule has 1 aliphatic rings. The molecule has 10 heteroatoms. The average molecular weight is 553 g/mol. The summed E-state index contributed by atoms with van der Waals surface area (Å²) in [5.74, 6) is 5.27. The van der Waals surface area contributed by atoms with Crippen molar-refractivity contribution in [2.75, 3.05) is 33.3 Å². The summed E-state index contributed by atoms with van der Waals surface area (Å²) in [5.41, 5.74) is 4.61. The van der Waals surface area contributed by atoms with E-state index in [2.05, 4.69) is 22.1 Å². The zero-order valence-electron chi connectivity index (χ0n) is 22.5. The maximum atomic E-state index is 15.3. The Kier molecular flexibility index (Phi) is 7.90. The Hall–Kier alpha value is -5.27. The standard InChI is InChI=1S/C31H25FN4O5/c1-39-13-5-6-18-9-11-21-23(14-18)29(27-24(32)7-4-8-25(27)40-2)33-16-19-17-34-31(36-28(19)21)35-20-10-12-22(30(37)38)26(15-20)41-3/h4,7-12,14-15,17H,13,16H2,1-3H3,(H,37,38)(H,34,35,36). The van der Waals surface area contributed by atoms with Crippen molar-refractivity contribution < 1.29 is 28.5 Å². The first-order valence-electron chi connectivity index (χ1n) is 12.5. The van der Waals surface area contributed by atoms with Crippen molar-refractivity contribution >= 4 is 23.3 Å². The van der Waals surface area contributed by atoms with Gasteiger partial charge in [-0.05, 0) is 36.4 Å². The molecule has 0 aliphatic carbocycles. The number of anilines is 2. The van der Waals surface area contributed by atoms with Gasteiger partial charge in [0.05, 0.1) is 37.7 Å². The number of carbonyl (C=O) groups is 1. The summed E-state index contributed by atoms with van der Waals surface area (Å²) in [4.78, 5) is 25.5. The van der Waals surface area contributed by atoms with Gasteiger partial charge in [0.25, 0.3) is 0 Å². The highest BCUT2D eigenvalue weighted by molar-refractivity contribution is 6.18. The summed E-state index contributed by atoms with van der Waals surface area (Å²) in [5, 5.41) is 12.5. The maximum Gasteiger partial charge on any atom is 0.339 e. The van der Waals surface area contributed by atoms with Crippen LogP contribution in [0.5, 0.6) is 11.5 Å². The van der Waals surface area contributed by atoms with E-state index in [1.165, 1.54) is 26.4 Å². The quantitative estimate of drug-likeness (QED) is 0.305. The number of fused-ring (bicyclic) bond motifs is 3. The van der Waals surface area contributed by atoms with Gasteiger partial charge in [-0.3, -0.25) is 4.99 Å². The van der Waals surface area contributed by atoms with Crippen molar-refractivity contribution in [1.29, 1.82) is 0 Å². The number of carboxylic acids is 1. The van der Waals surface area contributed by atoms with Gasteiger partial charge >= 0.3 is 5.97 Å². The van der Waals surface area contributed by atoms with Gasteiger partial charge < -0.3 is 24.6 Å². The molecule has 1 aliphatic heterocycles. The van der Waals surface area contributed by atoms with E-state index in [0.717, 1.165) is 5.56 Å². The minimum absolute atomic E-state index is 0.0347. The third-order valence-electron chi connectivity index (χ3n) is 6.37. The number of aliphatic imine (C=N–C) groups is 1. The number of ether oxygens (including phenoxy) is 3. The highest BCUT2D eigenvalue weighted by Gasteiger charge is 2.25. The molecule has 0 bridgehead atoms. The molecule has 5 rings (SSSR count). The second kappa shape index (κ2) is 11.9. The molecule has 0 saturated carbocycles. The van der Waals surface area contributed by atoms with Crippen molar-refractivity contribution in [3.8, 4) is 34.6 Å². The Balaban J connectivity index is 1.62. The number of methoxy groups -OCH3 is 3. The Morgan fingerprint density at radius 2 is 1.88 bits per heavy atom. The molecule has 0 fully saturated rings. The summed E-state index contributed by atoms with van der Waals surface area (Å²) in [7, 11) is 4.45. The number of hydrogen-bond acceptors (Lipinski definition) is 8. The van der Waals surface area contributed by atoms with Crippen LogP contribution in [-0.4, -0.2) is 54.7 Å². The number of nitrogens with zero attached hydrogens (tertiary/aromatic N) is 3. The van der Waals surface area contributed by atoms with Crippen molar-refractivity contribution in [2.24, 2.45) is 4.99 Å². The van der Waals surface area contributed by atoms with E-state index in [1.54, 1.807) is 37.6 Å². The van der Waals surface area contributed by atoms with E-state index < -0.39 is 11.8 Å². The molecule has 0 atom stereocenters. The highest BCUT2D eigenvalue weighted by atomic mass is 19.1. The third-order valence-corrected chi connectivity index (χ3v) is 6.37. The SMILES string of the molecule is COCC#Cc1ccc2c(c1)C(c1c(F)cccc1OC)=NCc1cnc(Nc3ccc(C(=O)O)c(OC)c3)nc1-2. The van der Waals surface area contributed by atoms with Crippen LogP contribution in [0.2, 0.25) is 0 Å². The molecule has 0 radical (unpaired) electrons. The van der Waals surface area contributed by atoms with Crippen LogP contribution in [0.4, 0.5) is 16.0 Å². The predicted octanol–water partition coefficient (Wildman–Crippen LogP) is 5.09. The van der Waals surface area contributed by atoms with E-state index in [1.807, 2.05) is 18.2 Å². The van der Waals surface area contributed by atoms with Crippen LogP contribution in [0, 0.1) is 17.7 Å². The number of halogens is 1. The molecule has 9 nitrogen and oxygen atoms in total. The molecule has 2 N–H and O–H groups in total. The van der Waals surface area contributed by atoms with Crippen LogP contribution in [0.15, 0.2) is 65.8 Å². The molecule has 0 amide bonds. The van der Waals surface area contributed by atoms with Gasteiger partial charge in [-0.1, -0.05) is 24.0 Å². The van der Waals surface area contributed by atoms with E-state index >= 15 is 4.39 Å². The molecular formula is C31H25FN4O5. The fourth-order valence-corrected chi connectivity index (χ4v) is 4.49. The predicted molar refractivity (Wildman–Crippen MR) is 152 cm³/mol. The molecule has 2 heterocycles. The molecular weight excluding hydrogens is 527 g/mol. The highest BCUT2D eigenvalue weighted by Crippen LogP contribution is 2.36. The molecule has 206 valence electrons. The van der Waals surface area contributed by atoms with Crippen molar-refractivity contribution in [3.05, 3.63) is 94.4 Å². The Bertz CT molecular complexity index is 1740. The van der Waals surface area contributed by atoms with E-state index in [4.69, 9.17) is 24.2 Å². The summed E-state index contributed by atoms with van der Waals surface area (Å²) >= 11 is 0. The Morgan fingerprint density at radius 1 is 1.05 bits per heavy atom. The lowest BCUT2D eigenvalue weighted by Gasteiger charge is -2.15. The van der Waals surface area contributed by atoms with E-state index in [-0.39, 0.29) is 36.0 Å². The summed E-state index contributed by atoms with van der Waals surface area (Å²) in [6.07, 6.45) is 1.66. The number of hydrogen-bond donors (Lipinski definition) is 2. The minimum atomic E-state index is -1.10. The summed E-state index contributed by atoms with van der Waals surface area (Å²) in [6, 6.07) is 14.8. The van der Waals surface area contributed by atoms with Crippen LogP contribution in [0.1, 0.15) is 32.6 Å². The topological polar surface area (TPSA) is 115 Å². The first-order chi connectivity index (χ1) is 19.9. The molecule has 41 heavy (non-hydrogen) atoms. The number of aromatic carboxylic acids is 1. The summed E-state index contributed by atoms with van der Waals surface area (Å²) < 4.78 is 31.1. The molecule has 3 aromatic carbocycles. The number of rotatable bonds is 7. The molecule has 0 saturated heterocycles. The smallest absolute Gasteiger partial charge is 0.339 e. The van der Waals surface area contributed by atoms with Crippen LogP contribution in [0.25, 0.3) is 11.3 Å². The van der Waals surface area contributed by atoms with Crippen molar-refractivity contribution in [2.45, 2.75) is 6.54 Å². The van der Waals surface area contributed by atoms with E-state index in [9.17, 15) is 9.90 Å². The number of aromatic nitrogens is 2. The molecule has 0 unspecified atom stereocenters. The first-order valence-corrected chi connectivity index (χ1v) is 12.5. The molecule has 0 spiro atoms. The van der Waals surface area contributed by atoms with Crippen LogP contribution in [0.3, 0.4) is 0 Å². The van der Waals surface area contributed by atoms with Gasteiger partial charge in [0.15, 0.2) is 0 Å². The van der Waals surface area contributed by atoms with Gasteiger partial charge in [-0.15, -0.1) is 0 Å². The van der Waals surface area contributed by atoms with Crippen molar-refractivity contribution in [1.82, 2.24) is 9.97 Å². The van der Waals surface area contributed by atoms with E-state index in [0.29, 0.717) is 39.5 Å². The second-order valence-electron chi connectivity index (χ2n) is 8.89. The van der Waals surface area contributed by atoms with Crippen LogP contribution < -0.4 is 14.8 Å². The van der Waals surface area contributed by atoms with Gasteiger partial charge in [0, 0.05) is 47.3 Å². The number of carboxylic acid groups (broad SMARTS) is 1. The Morgan fingerprint density at radius 3 is 2.63 bits per heavy atom. The van der Waals surface area contributed by atoms with Crippen LogP contribution in [-0.2, 0) is 11.3 Å². The number of benzene rings is 3. The average Bonchev–Trinajstić information content (AvgIpc) is 3.13. The first kappa shape index (κ1) is 27.3. The normalized spacial score (nSPS) is 11.7. The molecule has 4 aromatic rings. The number of nitrogens with one attached hydrogen (secondary N) is 1. The lowest BCUT2D eigenvalue weighted by Crippen LogP contribution is -2.10. The fraction of sp³-hybridized carbons (Fsp3) is 0.161. The van der Waals surface area contributed by atoms with Crippen LogP contribution >= 0.6 is 0 Å². The lowest BCUT2D eigenvalue weighted by atomic mass is 9.93. The largest absolute Gasteiger partial charge is 0.496 e. The monoisotopic (exact) mass is 552 g/mol. The van der Waals surface area contributed by atoms with Gasteiger partial charge in [0.1, 0.15) is 29.5 Å². The minimum Gasteiger partial charge on any atom is -0.496 e. The Labute approximate surface area is 235 Å². The van der Waals surface area contributed by atoms with Gasteiger partial charge in [0.2, 0.25) is 5.95 Å². The third kappa shape index (κ3) is 5.57. The summed E-state index contributed by atoms with van der Waals surface area (Å²) in [6.45, 7) is 0.464. The zero-order chi connectivity index (χ0) is 28.9. The zero-order valence-corrected chi connectivity index (χ0v) is 22.5. The van der Waals surface area contributed by atoms with Gasteiger partial charge in [-0.2, -0.15) is 0 Å². The second-order valence-corrected chi connectivity index (χ2v) is 8.89. The molecule has 1 aromatic heterocycles. The lowest BCUT2D eigenvalue weighted by molar-refractivity contribution is 0.0693. The fourth-order valence-electron chi connectivity index (χ4n) is 4.49. The van der Waals surface area contributed by atoms with Crippen molar-refractivity contribution in [3.63, 3.8) is 0 Å².